The normalized spacial score (nSPS) is 12.2. The molecule has 0 spiro atoms. The van der Waals surface area contributed by atoms with Crippen LogP contribution in [0.4, 0.5) is 15.8 Å². The van der Waals surface area contributed by atoms with E-state index in [0.717, 1.165) is 16.0 Å². The lowest BCUT2D eigenvalue weighted by atomic mass is 10.1. The summed E-state index contributed by atoms with van der Waals surface area (Å²) in [6, 6.07) is 2.31. The highest BCUT2D eigenvalue weighted by Gasteiger charge is 2.19. The van der Waals surface area contributed by atoms with Gasteiger partial charge < -0.3 is 16.2 Å². The molecule has 1 heterocycles. The number of nitrogens with zero attached hydrogens (tertiary/aromatic N) is 1. The lowest BCUT2D eigenvalue weighted by Gasteiger charge is -2.16. The third-order valence-electron chi connectivity index (χ3n) is 2.79. The van der Waals surface area contributed by atoms with Crippen molar-refractivity contribution in [1.29, 1.82) is 0 Å². The summed E-state index contributed by atoms with van der Waals surface area (Å²) in [6.07, 6.45) is 1.75. The predicted octanol–water partition coefficient (Wildman–Crippen LogP) is 3.04. The van der Waals surface area contributed by atoms with E-state index in [9.17, 15) is 9.18 Å². The summed E-state index contributed by atoms with van der Waals surface area (Å²) >= 11 is 1.51. The van der Waals surface area contributed by atoms with Gasteiger partial charge in [0.05, 0.1) is 17.4 Å². The molecular formula is C13H14FN3O2S. The van der Waals surface area contributed by atoms with Gasteiger partial charge in [-0.2, -0.15) is 0 Å². The highest BCUT2D eigenvalue weighted by atomic mass is 32.1. The Balaban J connectivity index is 2.34. The van der Waals surface area contributed by atoms with Gasteiger partial charge in [-0.1, -0.05) is 0 Å². The van der Waals surface area contributed by atoms with Crippen LogP contribution in [-0.2, 0) is 0 Å². The summed E-state index contributed by atoms with van der Waals surface area (Å²) in [4.78, 5) is 16.5. The Labute approximate surface area is 119 Å². The van der Waals surface area contributed by atoms with Crippen LogP contribution < -0.4 is 11.1 Å². The van der Waals surface area contributed by atoms with Crippen LogP contribution >= 0.6 is 11.3 Å². The minimum absolute atomic E-state index is 0.198. The first-order chi connectivity index (χ1) is 9.40. The van der Waals surface area contributed by atoms with Crippen molar-refractivity contribution >= 4 is 28.7 Å². The zero-order valence-electron chi connectivity index (χ0n) is 11.0. The van der Waals surface area contributed by atoms with Crippen LogP contribution in [0.1, 0.15) is 33.2 Å². The van der Waals surface area contributed by atoms with Gasteiger partial charge in [0.25, 0.3) is 0 Å². The molecule has 0 bridgehead atoms. The van der Waals surface area contributed by atoms with E-state index in [0.29, 0.717) is 0 Å². The van der Waals surface area contributed by atoms with E-state index in [1.165, 1.54) is 17.4 Å². The van der Waals surface area contributed by atoms with Gasteiger partial charge in [-0.25, -0.2) is 14.2 Å². The average molecular weight is 295 g/mol. The molecule has 1 aromatic heterocycles. The molecule has 0 fully saturated rings. The van der Waals surface area contributed by atoms with Crippen LogP contribution in [0.5, 0.6) is 0 Å². The van der Waals surface area contributed by atoms with Crippen molar-refractivity contribution in [2.75, 3.05) is 11.1 Å². The summed E-state index contributed by atoms with van der Waals surface area (Å²) in [7, 11) is 0. The second kappa shape index (κ2) is 5.46. The molecule has 0 aliphatic carbocycles. The monoisotopic (exact) mass is 295 g/mol. The first-order valence-corrected chi connectivity index (χ1v) is 6.72. The molecule has 5 nitrogen and oxygen atoms in total. The van der Waals surface area contributed by atoms with Gasteiger partial charge in [0.2, 0.25) is 0 Å². The smallest absolute Gasteiger partial charge is 0.340 e. The van der Waals surface area contributed by atoms with Crippen LogP contribution in [0.3, 0.4) is 0 Å². The molecular weight excluding hydrogens is 281 g/mol. The summed E-state index contributed by atoms with van der Waals surface area (Å²) in [6.45, 7) is 3.79. The molecule has 4 N–H and O–H groups in total. The van der Waals surface area contributed by atoms with Gasteiger partial charge in [0, 0.05) is 11.1 Å². The number of halogens is 1. The van der Waals surface area contributed by atoms with Gasteiger partial charge in [-0.3, -0.25) is 0 Å². The van der Waals surface area contributed by atoms with Crippen LogP contribution in [0.25, 0.3) is 0 Å². The van der Waals surface area contributed by atoms with Crippen molar-refractivity contribution in [2.24, 2.45) is 0 Å². The van der Waals surface area contributed by atoms with E-state index < -0.39 is 11.8 Å². The van der Waals surface area contributed by atoms with Gasteiger partial charge in [0.1, 0.15) is 16.4 Å². The molecule has 106 valence electrons. The van der Waals surface area contributed by atoms with E-state index in [2.05, 4.69) is 10.3 Å². The van der Waals surface area contributed by atoms with Crippen molar-refractivity contribution < 1.29 is 14.3 Å². The highest BCUT2D eigenvalue weighted by molar-refractivity contribution is 7.11. The van der Waals surface area contributed by atoms with Gasteiger partial charge in [0.15, 0.2) is 0 Å². The largest absolute Gasteiger partial charge is 0.478 e. The number of nitrogens with two attached hydrogens (primary N) is 1. The number of nitrogen functional groups attached to an aromatic ring is 1. The number of hydrogen-bond acceptors (Lipinski definition) is 5. The average Bonchev–Trinajstić information content (AvgIpc) is 2.80. The number of nitrogens with one attached hydrogen (secondary N) is 1. The van der Waals surface area contributed by atoms with E-state index in [1.54, 1.807) is 6.20 Å². The van der Waals surface area contributed by atoms with E-state index >= 15 is 0 Å². The van der Waals surface area contributed by atoms with Crippen molar-refractivity contribution in [3.8, 4) is 0 Å². The van der Waals surface area contributed by atoms with Crippen molar-refractivity contribution in [3.05, 3.63) is 39.6 Å². The number of carboxylic acid groups (broad SMARTS) is 1. The van der Waals surface area contributed by atoms with Gasteiger partial charge in [-0.05, 0) is 26.0 Å². The molecule has 2 rings (SSSR count). The Bertz CT molecular complexity index is 657. The Morgan fingerprint density at radius 3 is 2.80 bits per heavy atom. The summed E-state index contributed by atoms with van der Waals surface area (Å²) in [5.74, 6) is -2.02. The van der Waals surface area contributed by atoms with Gasteiger partial charge >= 0.3 is 5.97 Å². The summed E-state index contributed by atoms with van der Waals surface area (Å²) in [5, 5.41) is 13.0. The second-order valence-electron chi connectivity index (χ2n) is 4.36. The van der Waals surface area contributed by atoms with Crippen molar-refractivity contribution in [3.63, 3.8) is 0 Å². The molecule has 0 saturated heterocycles. The zero-order chi connectivity index (χ0) is 14.9. The molecule has 0 radical (unpaired) electrons. The van der Waals surface area contributed by atoms with Gasteiger partial charge in [-0.15, -0.1) is 11.3 Å². The Hall–Kier alpha value is -2.15. The lowest BCUT2D eigenvalue weighted by molar-refractivity contribution is 0.0698. The highest BCUT2D eigenvalue weighted by Crippen LogP contribution is 2.29. The third kappa shape index (κ3) is 2.72. The number of carboxylic acids is 1. The molecule has 1 atom stereocenters. The van der Waals surface area contributed by atoms with Crippen LogP contribution in [0, 0.1) is 12.7 Å². The number of anilines is 2. The molecule has 0 aliphatic rings. The minimum atomic E-state index is -1.27. The standard InChI is InChI=1S/C13H14FN3O2S/c1-6-5-16-12(20-6)7(2)17-9-4-3-8(14)11(15)10(9)13(18)19/h3-5,7,17H,15H2,1-2H3,(H,18,19). The maximum absolute atomic E-state index is 13.4. The van der Waals surface area contributed by atoms with E-state index in [4.69, 9.17) is 10.8 Å². The predicted molar refractivity (Wildman–Crippen MR) is 76.7 cm³/mol. The molecule has 0 amide bonds. The van der Waals surface area contributed by atoms with E-state index in [-0.39, 0.29) is 23.0 Å². The minimum Gasteiger partial charge on any atom is -0.478 e. The lowest BCUT2D eigenvalue weighted by Crippen LogP contribution is -2.13. The Kier molecular flexibility index (Phi) is 3.89. The Morgan fingerprint density at radius 2 is 2.25 bits per heavy atom. The molecule has 20 heavy (non-hydrogen) atoms. The van der Waals surface area contributed by atoms with Crippen LogP contribution in [0.15, 0.2) is 18.3 Å². The number of carbonyl (C=O) groups is 1. The summed E-state index contributed by atoms with van der Waals surface area (Å²) < 4.78 is 13.4. The number of aryl methyl sites for hydroxylation is 1. The number of aromatic nitrogens is 1. The molecule has 0 aliphatic heterocycles. The second-order valence-corrected chi connectivity index (χ2v) is 5.63. The zero-order valence-corrected chi connectivity index (χ0v) is 11.8. The van der Waals surface area contributed by atoms with Crippen LogP contribution in [0.2, 0.25) is 0 Å². The molecule has 1 aromatic carbocycles. The van der Waals surface area contributed by atoms with Crippen molar-refractivity contribution in [1.82, 2.24) is 4.98 Å². The molecule has 1 unspecified atom stereocenters. The number of aromatic carboxylic acids is 1. The number of rotatable bonds is 4. The number of benzene rings is 1. The number of hydrogen-bond donors (Lipinski definition) is 3. The molecule has 7 heteroatoms. The number of thiazole rings is 1. The third-order valence-corrected chi connectivity index (χ3v) is 3.88. The fourth-order valence-electron chi connectivity index (χ4n) is 1.81. The molecule has 2 aromatic rings. The fourth-order valence-corrected chi connectivity index (χ4v) is 2.59. The fraction of sp³-hybridized carbons (Fsp3) is 0.231. The first-order valence-electron chi connectivity index (χ1n) is 5.90. The SMILES string of the molecule is Cc1cnc(C(C)Nc2ccc(F)c(N)c2C(=O)O)s1. The maximum atomic E-state index is 13.4. The van der Waals surface area contributed by atoms with Crippen molar-refractivity contribution in [2.45, 2.75) is 19.9 Å². The summed E-state index contributed by atoms with van der Waals surface area (Å²) in [5.41, 5.74) is 5.14. The molecule has 0 saturated carbocycles. The topological polar surface area (TPSA) is 88.2 Å². The maximum Gasteiger partial charge on any atom is 0.340 e. The quantitative estimate of drug-likeness (QED) is 0.754. The van der Waals surface area contributed by atoms with Crippen LogP contribution in [-0.4, -0.2) is 16.1 Å². The van der Waals surface area contributed by atoms with E-state index in [1.807, 2.05) is 13.8 Å². The first kappa shape index (κ1) is 14.3. The Morgan fingerprint density at radius 1 is 1.55 bits per heavy atom.